The Kier molecular flexibility index (Phi) is 8.06. The first-order chi connectivity index (χ1) is 22.5. The van der Waals surface area contributed by atoms with Crippen LogP contribution in [0.4, 0.5) is 27.6 Å². The fourth-order valence-corrected chi connectivity index (χ4v) is 5.20. The van der Waals surface area contributed by atoms with E-state index in [1.165, 1.54) is 78.7 Å². The Morgan fingerprint density at radius 2 is 1.67 bits per heavy atom. The first-order valence-corrected chi connectivity index (χ1v) is 14.5. The van der Waals surface area contributed by atoms with Crippen LogP contribution in [-0.2, 0) is 22.3 Å². The van der Waals surface area contributed by atoms with Gasteiger partial charge in [0.2, 0.25) is 0 Å². The Labute approximate surface area is 270 Å². The molecule has 3 heterocycles. The highest BCUT2D eigenvalue weighted by Crippen LogP contribution is 2.43. The van der Waals surface area contributed by atoms with Crippen LogP contribution in [0.15, 0.2) is 66.7 Å². The summed E-state index contributed by atoms with van der Waals surface area (Å²) in [6.45, 7) is 4.70. The standard InChI is InChI=1S/C33H28F5N3O7/c1-31(2,3)48-30(43)18-8-11-22(12-9-18)45-26-17-44-16-23-27(26)41(39-28(23)32(34,35)36)21-7-5-6-19(14-21)29(42)40(4)20-10-13-24-25(15-20)47-33(37,38)46-24/h5-15,26H,16-17H2,1-4H3/t26-/m1/s1. The van der Waals surface area contributed by atoms with E-state index in [4.69, 9.17) is 14.2 Å². The second-order valence-electron chi connectivity index (χ2n) is 12.0. The number of aromatic nitrogens is 2. The van der Waals surface area contributed by atoms with Gasteiger partial charge >= 0.3 is 18.4 Å². The van der Waals surface area contributed by atoms with Crippen molar-refractivity contribution < 1.29 is 55.2 Å². The molecule has 10 nitrogen and oxygen atoms in total. The molecule has 6 rings (SSSR count). The van der Waals surface area contributed by atoms with Crippen LogP contribution < -0.4 is 19.1 Å². The summed E-state index contributed by atoms with van der Waals surface area (Å²) in [6, 6.07) is 15.5. The van der Waals surface area contributed by atoms with E-state index >= 15 is 0 Å². The monoisotopic (exact) mass is 673 g/mol. The van der Waals surface area contributed by atoms with E-state index < -0.39 is 41.7 Å². The van der Waals surface area contributed by atoms with Crippen molar-refractivity contribution in [1.29, 1.82) is 0 Å². The summed E-state index contributed by atoms with van der Waals surface area (Å²) >= 11 is 0. The molecule has 0 N–H and O–H groups in total. The second kappa shape index (κ2) is 11.8. The number of hydrogen-bond acceptors (Lipinski definition) is 8. The minimum absolute atomic E-state index is 0.0677. The van der Waals surface area contributed by atoms with Crippen LogP contribution in [-0.4, -0.2) is 47.2 Å². The fraction of sp³-hybridized carbons (Fsp3) is 0.303. The number of anilines is 1. The number of rotatable bonds is 6. The van der Waals surface area contributed by atoms with Gasteiger partial charge in [0.05, 0.1) is 30.2 Å². The summed E-state index contributed by atoms with van der Waals surface area (Å²) in [5.74, 6) is -1.36. The van der Waals surface area contributed by atoms with Gasteiger partial charge in [-0.2, -0.15) is 18.3 Å². The number of halogens is 5. The zero-order valence-electron chi connectivity index (χ0n) is 25.9. The maximum atomic E-state index is 14.2. The van der Waals surface area contributed by atoms with E-state index in [9.17, 15) is 31.5 Å². The molecule has 0 unspecified atom stereocenters. The van der Waals surface area contributed by atoms with Crippen LogP contribution in [0.5, 0.6) is 17.2 Å². The van der Waals surface area contributed by atoms with Crippen molar-refractivity contribution in [3.05, 3.63) is 94.8 Å². The fourth-order valence-electron chi connectivity index (χ4n) is 5.20. The van der Waals surface area contributed by atoms with E-state index in [2.05, 4.69) is 14.6 Å². The highest BCUT2D eigenvalue weighted by Gasteiger charge is 2.44. The molecule has 0 fully saturated rings. The normalized spacial score (nSPS) is 16.6. The lowest BCUT2D eigenvalue weighted by Crippen LogP contribution is -2.27. The largest absolute Gasteiger partial charge is 0.586 e. The van der Waals surface area contributed by atoms with Crippen LogP contribution in [0.1, 0.15) is 64.5 Å². The lowest BCUT2D eigenvalue weighted by atomic mass is 10.1. The summed E-state index contributed by atoms with van der Waals surface area (Å²) in [5.41, 5.74) is -1.38. The summed E-state index contributed by atoms with van der Waals surface area (Å²) in [7, 11) is 1.40. The minimum atomic E-state index is -4.83. The zero-order valence-corrected chi connectivity index (χ0v) is 25.9. The molecule has 0 saturated heterocycles. The summed E-state index contributed by atoms with van der Waals surface area (Å²) < 4.78 is 96.5. The maximum Gasteiger partial charge on any atom is 0.586 e. The number of carbonyl (C=O) groups is 2. The quantitative estimate of drug-likeness (QED) is 0.158. The zero-order chi connectivity index (χ0) is 34.6. The summed E-state index contributed by atoms with van der Waals surface area (Å²) in [4.78, 5) is 27.1. The van der Waals surface area contributed by atoms with E-state index in [1.54, 1.807) is 20.8 Å². The number of hydrogen-bond donors (Lipinski definition) is 0. The smallest absolute Gasteiger partial charge is 0.482 e. The van der Waals surface area contributed by atoms with Crippen molar-refractivity contribution >= 4 is 17.6 Å². The van der Waals surface area contributed by atoms with Crippen LogP contribution in [0.3, 0.4) is 0 Å². The molecule has 252 valence electrons. The Hall–Kier alpha value is -5.18. The van der Waals surface area contributed by atoms with Gasteiger partial charge in [-0.05, 0) is 75.4 Å². The van der Waals surface area contributed by atoms with Gasteiger partial charge in [0.25, 0.3) is 5.91 Å². The molecule has 48 heavy (non-hydrogen) atoms. The van der Waals surface area contributed by atoms with Crippen LogP contribution in [0.2, 0.25) is 0 Å². The van der Waals surface area contributed by atoms with Crippen molar-refractivity contribution in [3.63, 3.8) is 0 Å². The number of alkyl halides is 5. The molecule has 1 atom stereocenters. The summed E-state index contributed by atoms with van der Waals surface area (Å²) in [5, 5.41) is 3.90. The molecule has 0 radical (unpaired) electrons. The Bertz CT molecular complexity index is 1880. The lowest BCUT2D eigenvalue weighted by Gasteiger charge is -2.26. The van der Waals surface area contributed by atoms with E-state index in [1.807, 2.05) is 0 Å². The maximum absolute atomic E-state index is 14.2. The molecule has 1 amide bonds. The van der Waals surface area contributed by atoms with Gasteiger partial charge in [-0.3, -0.25) is 4.79 Å². The number of fused-ring (bicyclic) bond motifs is 2. The molecule has 0 saturated carbocycles. The highest BCUT2D eigenvalue weighted by molar-refractivity contribution is 6.06. The van der Waals surface area contributed by atoms with E-state index in [-0.39, 0.29) is 64.2 Å². The van der Waals surface area contributed by atoms with Gasteiger partial charge in [-0.15, -0.1) is 8.78 Å². The second-order valence-corrected chi connectivity index (χ2v) is 12.0. The predicted molar refractivity (Wildman–Crippen MR) is 159 cm³/mol. The third-order valence-electron chi connectivity index (χ3n) is 7.29. The predicted octanol–water partition coefficient (Wildman–Crippen LogP) is 7.09. The molecule has 4 aromatic rings. The van der Waals surface area contributed by atoms with Gasteiger partial charge in [0.15, 0.2) is 23.3 Å². The molecule has 0 bridgehead atoms. The van der Waals surface area contributed by atoms with Crippen molar-refractivity contribution in [2.75, 3.05) is 18.6 Å². The Balaban J connectivity index is 1.31. The molecular formula is C33H28F5N3O7. The first-order valence-electron chi connectivity index (χ1n) is 14.5. The third-order valence-corrected chi connectivity index (χ3v) is 7.29. The third kappa shape index (κ3) is 6.63. The average molecular weight is 674 g/mol. The molecule has 0 aliphatic carbocycles. The number of ether oxygens (including phenoxy) is 5. The van der Waals surface area contributed by atoms with Crippen LogP contribution in [0.25, 0.3) is 5.69 Å². The topological polar surface area (TPSA) is 101 Å². The lowest BCUT2D eigenvalue weighted by molar-refractivity contribution is -0.286. The molecule has 3 aromatic carbocycles. The number of carbonyl (C=O) groups excluding carboxylic acids is 2. The SMILES string of the molecule is CN(C(=O)c1cccc(-n2nc(C(F)(F)F)c3c2[C@H](Oc2ccc(C(=O)OC(C)(C)C)cc2)COC3)c1)c1ccc2c(c1)OC(F)(F)O2. The number of amides is 1. The molecule has 2 aliphatic heterocycles. The molecule has 15 heteroatoms. The molecule has 0 spiro atoms. The molecular weight excluding hydrogens is 645 g/mol. The van der Waals surface area contributed by atoms with Gasteiger partial charge in [-0.25, -0.2) is 9.48 Å². The van der Waals surface area contributed by atoms with Crippen molar-refractivity contribution in [3.8, 4) is 22.9 Å². The van der Waals surface area contributed by atoms with E-state index in [0.29, 0.717) is 0 Å². The first kappa shape index (κ1) is 32.7. The van der Waals surface area contributed by atoms with Crippen LogP contribution >= 0.6 is 0 Å². The minimum Gasteiger partial charge on any atom is -0.482 e. The average Bonchev–Trinajstić information content (AvgIpc) is 3.57. The van der Waals surface area contributed by atoms with Crippen molar-refractivity contribution in [2.24, 2.45) is 0 Å². The number of benzene rings is 3. The molecule has 2 aliphatic rings. The summed E-state index contributed by atoms with van der Waals surface area (Å²) in [6.07, 6.45) is -9.73. The number of nitrogens with zero attached hydrogens (tertiary/aromatic N) is 3. The van der Waals surface area contributed by atoms with Crippen molar-refractivity contribution in [2.45, 2.75) is 51.6 Å². The van der Waals surface area contributed by atoms with E-state index in [0.717, 1.165) is 4.68 Å². The van der Waals surface area contributed by atoms with Gasteiger partial charge in [0.1, 0.15) is 11.4 Å². The van der Waals surface area contributed by atoms with Crippen molar-refractivity contribution in [1.82, 2.24) is 9.78 Å². The van der Waals surface area contributed by atoms with Gasteiger partial charge in [0, 0.05) is 29.9 Å². The highest BCUT2D eigenvalue weighted by atomic mass is 19.4. The van der Waals surface area contributed by atoms with Gasteiger partial charge in [-0.1, -0.05) is 6.07 Å². The Morgan fingerprint density at radius 3 is 2.35 bits per heavy atom. The molecule has 1 aromatic heterocycles. The number of esters is 1. The van der Waals surface area contributed by atoms with Gasteiger partial charge < -0.3 is 28.6 Å². The van der Waals surface area contributed by atoms with Crippen LogP contribution in [0, 0.1) is 0 Å². The Morgan fingerprint density at radius 1 is 0.958 bits per heavy atom.